The fourth-order valence-electron chi connectivity index (χ4n) is 2.48. The standard InChI is InChI=1S/C14H12O4/c1-7-11-9(14(16)18-7)6-8-4-3-5-10(15)12(8)13(11)17-2/h3-7,15H,1-2H3/t7-/m0/s1. The molecular formula is C14H12O4. The maximum absolute atomic E-state index is 11.7. The van der Waals surface area contributed by atoms with Crippen molar-refractivity contribution in [2.75, 3.05) is 7.11 Å². The van der Waals surface area contributed by atoms with Crippen molar-refractivity contribution in [3.63, 3.8) is 0 Å². The molecule has 1 N–H and O–H groups in total. The molecule has 0 amide bonds. The monoisotopic (exact) mass is 244 g/mol. The highest BCUT2D eigenvalue weighted by Gasteiger charge is 2.33. The fraction of sp³-hybridized carbons (Fsp3) is 0.214. The van der Waals surface area contributed by atoms with Gasteiger partial charge in [0.05, 0.1) is 18.1 Å². The number of benzene rings is 2. The van der Waals surface area contributed by atoms with Crippen LogP contribution in [0.1, 0.15) is 28.9 Å². The van der Waals surface area contributed by atoms with Crippen LogP contribution in [0.15, 0.2) is 24.3 Å². The zero-order chi connectivity index (χ0) is 12.9. The van der Waals surface area contributed by atoms with Crippen LogP contribution in [0, 0.1) is 0 Å². The normalized spacial score (nSPS) is 17.7. The summed E-state index contributed by atoms with van der Waals surface area (Å²) in [5.41, 5.74) is 1.22. The van der Waals surface area contributed by atoms with Crippen molar-refractivity contribution in [1.82, 2.24) is 0 Å². The predicted molar refractivity (Wildman–Crippen MR) is 66.0 cm³/mol. The van der Waals surface area contributed by atoms with E-state index in [1.54, 1.807) is 25.1 Å². The van der Waals surface area contributed by atoms with Crippen molar-refractivity contribution in [2.24, 2.45) is 0 Å². The number of esters is 1. The number of methoxy groups -OCH3 is 1. The highest BCUT2D eigenvalue weighted by atomic mass is 16.6. The Bertz CT molecular complexity index is 660. The smallest absolute Gasteiger partial charge is 0.339 e. The van der Waals surface area contributed by atoms with Gasteiger partial charge in [-0.1, -0.05) is 12.1 Å². The second-order valence-electron chi connectivity index (χ2n) is 4.29. The number of ether oxygens (including phenoxy) is 2. The van der Waals surface area contributed by atoms with Gasteiger partial charge in [0.2, 0.25) is 0 Å². The van der Waals surface area contributed by atoms with Gasteiger partial charge in [-0.15, -0.1) is 0 Å². The summed E-state index contributed by atoms with van der Waals surface area (Å²) < 4.78 is 10.6. The van der Waals surface area contributed by atoms with Crippen LogP contribution in [0.25, 0.3) is 10.8 Å². The molecule has 0 bridgehead atoms. The van der Waals surface area contributed by atoms with Gasteiger partial charge in [-0.05, 0) is 24.4 Å². The second kappa shape index (κ2) is 3.63. The first-order chi connectivity index (χ1) is 8.63. The third-order valence-corrected chi connectivity index (χ3v) is 3.25. The molecule has 0 saturated heterocycles. The molecule has 0 aromatic heterocycles. The number of carbonyl (C=O) groups excluding carboxylic acids is 1. The summed E-state index contributed by atoms with van der Waals surface area (Å²) in [6.07, 6.45) is -0.355. The third kappa shape index (κ3) is 1.29. The van der Waals surface area contributed by atoms with Gasteiger partial charge >= 0.3 is 5.97 Å². The van der Waals surface area contributed by atoms with Crippen molar-refractivity contribution >= 4 is 16.7 Å². The lowest BCUT2D eigenvalue weighted by molar-refractivity contribution is 0.0420. The predicted octanol–water partition coefficient (Wildman–Crippen LogP) is 2.79. The van der Waals surface area contributed by atoms with Crippen LogP contribution in [0.4, 0.5) is 0 Å². The van der Waals surface area contributed by atoms with E-state index in [1.807, 2.05) is 6.07 Å². The lowest BCUT2D eigenvalue weighted by atomic mass is 9.97. The molecule has 92 valence electrons. The Morgan fingerprint density at radius 1 is 1.39 bits per heavy atom. The van der Waals surface area contributed by atoms with Crippen LogP contribution >= 0.6 is 0 Å². The first kappa shape index (κ1) is 10.9. The molecule has 18 heavy (non-hydrogen) atoms. The molecule has 0 saturated carbocycles. The highest BCUT2D eigenvalue weighted by Crippen LogP contribution is 2.44. The third-order valence-electron chi connectivity index (χ3n) is 3.25. The molecule has 1 aliphatic rings. The number of phenols is 1. The second-order valence-corrected chi connectivity index (χ2v) is 4.29. The molecule has 0 fully saturated rings. The molecule has 4 nitrogen and oxygen atoms in total. The molecule has 0 unspecified atom stereocenters. The van der Waals surface area contributed by atoms with E-state index >= 15 is 0 Å². The lowest BCUT2D eigenvalue weighted by Gasteiger charge is -2.13. The van der Waals surface area contributed by atoms with Crippen LogP contribution in [0.5, 0.6) is 11.5 Å². The molecule has 2 aromatic rings. The zero-order valence-corrected chi connectivity index (χ0v) is 10.1. The van der Waals surface area contributed by atoms with E-state index in [4.69, 9.17) is 9.47 Å². The Balaban J connectivity index is 2.48. The summed E-state index contributed by atoms with van der Waals surface area (Å²) in [7, 11) is 1.52. The molecule has 0 radical (unpaired) electrons. The Kier molecular flexibility index (Phi) is 2.20. The van der Waals surface area contributed by atoms with Gasteiger partial charge in [-0.2, -0.15) is 0 Å². The van der Waals surface area contributed by atoms with Crippen LogP contribution in [0.3, 0.4) is 0 Å². The first-order valence-electron chi connectivity index (χ1n) is 5.67. The molecule has 1 aliphatic heterocycles. The summed E-state index contributed by atoms with van der Waals surface area (Å²) in [6.45, 7) is 1.79. The molecule has 1 atom stereocenters. The van der Waals surface area contributed by atoms with Gasteiger partial charge in [-0.3, -0.25) is 0 Å². The first-order valence-corrected chi connectivity index (χ1v) is 5.67. The van der Waals surface area contributed by atoms with E-state index < -0.39 is 0 Å². The maximum atomic E-state index is 11.7. The molecule has 3 rings (SSSR count). The summed E-state index contributed by atoms with van der Waals surface area (Å²) in [4.78, 5) is 11.7. The number of carbonyl (C=O) groups is 1. The van der Waals surface area contributed by atoms with Crippen molar-refractivity contribution < 1.29 is 19.4 Å². The highest BCUT2D eigenvalue weighted by molar-refractivity contribution is 6.04. The van der Waals surface area contributed by atoms with Crippen LogP contribution in [-0.4, -0.2) is 18.2 Å². The number of hydrogen-bond donors (Lipinski definition) is 1. The summed E-state index contributed by atoms with van der Waals surface area (Å²) in [5, 5.41) is 11.3. The molecule has 0 aliphatic carbocycles. The van der Waals surface area contributed by atoms with Crippen molar-refractivity contribution in [3.05, 3.63) is 35.4 Å². The number of aromatic hydroxyl groups is 1. The van der Waals surface area contributed by atoms with Crippen molar-refractivity contribution in [3.8, 4) is 11.5 Å². The number of cyclic esters (lactones) is 1. The van der Waals surface area contributed by atoms with Crippen LogP contribution in [0.2, 0.25) is 0 Å². The average molecular weight is 244 g/mol. The minimum Gasteiger partial charge on any atom is -0.507 e. The zero-order valence-electron chi connectivity index (χ0n) is 10.1. The van der Waals surface area contributed by atoms with Gasteiger partial charge in [0, 0.05) is 5.56 Å². The molecule has 0 spiro atoms. The minimum absolute atomic E-state index is 0.138. The van der Waals surface area contributed by atoms with Crippen molar-refractivity contribution in [2.45, 2.75) is 13.0 Å². The SMILES string of the molecule is COc1c2c(cc3cccc(O)c13)C(=O)O[C@H]2C. The van der Waals surface area contributed by atoms with Gasteiger partial charge < -0.3 is 14.6 Å². The van der Waals surface area contributed by atoms with Crippen LogP contribution in [-0.2, 0) is 4.74 Å². The average Bonchev–Trinajstić information content (AvgIpc) is 2.63. The largest absolute Gasteiger partial charge is 0.507 e. The minimum atomic E-state index is -0.355. The lowest BCUT2D eigenvalue weighted by Crippen LogP contribution is -1.96. The van der Waals surface area contributed by atoms with Crippen molar-refractivity contribution in [1.29, 1.82) is 0 Å². The number of hydrogen-bond acceptors (Lipinski definition) is 4. The number of rotatable bonds is 1. The van der Waals surface area contributed by atoms with Gasteiger partial charge in [-0.25, -0.2) is 4.79 Å². The molecule has 2 aromatic carbocycles. The summed E-state index contributed by atoms with van der Waals surface area (Å²) in [6, 6.07) is 6.89. The van der Waals surface area contributed by atoms with Gasteiger partial charge in [0.25, 0.3) is 0 Å². The van der Waals surface area contributed by atoms with E-state index in [0.29, 0.717) is 22.3 Å². The molecule has 1 heterocycles. The Morgan fingerprint density at radius 2 is 2.17 bits per heavy atom. The van der Waals surface area contributed by atoms with Crippen LogP contribution < -0.4 is 4.74 Å². The Hall–Kier alpha value is -2.23. The number of fused-ring (bicyclic) bond motifs is 2. The summed E-state index contributed by atoms with van der Waals surface area (Å²) in [5.74, 6) is 0.304. The van der Waals surface area contributed by atoms with E-state index in [2.05, 4.69) is 0 Å². The molecule has 4 heteroatoms. The van der Waals surface area contributed by atoms with Gasteiger partial charge in [0.1, 0.15) is 17.6 Å². The summed E-state index contributed by atoms with van der Waals surface area (Å²) >= 11 is 0. The number of phenolic OH excluding ortho intramolecular Hbond substituents is 1. The topological polar surface area (TPSA) is 55.8 Å². The van der Waals surface area contributed by atoms with Gasteiger partial charge in [0.15, 0.2) is 0 Å². The fourth-order valence-corrected chi connectivity index (χ4v) is 2.48. The molecular weight excluding hydrogens is 232 g/mol. The quantitative estimate of drug-likeness (QED) is 0.784. The van der Waals surface area contributed by atoms with E-state index in [9.17, 15) is 9.90 Å². The maximum Gasteiger partial charge on any atom is 0.339 e. The van der Waals surface area contributed by atoms with E-state index in [0.717, 1.165) is 5.39 Å². The van der Waals surface area contributed by atoms with E-state index in [1.165, 1.54) is 7.11 Å². The Labute approximate surface area is 104 Å². The van der Waals surface area contributed by atoms with E-state index in [-0.39, 0.29) is 17.8 Å². The Morgan fingerprint density at radius 3 is 2.89 bits per heavy atom.